The van der Waals surface area contributed by atoms with Gasteiger partial charge in [0.1, 0.15) is 5.82 Å². The van der Waals surface area contributed by atoms with Crippen molar-refractivity contribution in [2.75, 3.05) is 31.1 Å². The monoisotopic (exact) mass is 446 g/mol. The van der Waals surface area contributed by atoms with Gasteiger partial charge in [0.25, 0.3) is 0 Å². The Bertz CT molecular complexity index is 1080. The molecule has 0 atom stereocenters. The first kappa shape index (κ1) is 23.0. The van der Waals surface area contributed by atoms with E-state index in [4.69, 9.17) is 4.98 Å². The molecule has 7 heteroatoms. The highest BCUT2D eigenvalue weighted by atomic mass is 16.2. The van der Waals surface area contributed by atoms with Gasteiger partial charge in [0, 0.05) is 56.6 Å². The summed E-state index contributed by atoms with van der Waals surface area (Å²) < 4.78 is 2.09. The van der Waals surface area contributed by atoms with E-state index in [1.165, 1.54) is 11.3 Å². The summed E-state index contributed by atoms with van der Waals surface area (Å²) in [6, 6.07) is 12.0. The van der Waals surface area contributed by atoms with Gasteiger partial charge in [-0.1, -0.05) is 44.2 Å². The fourth-order valence-corrected chi connectivity index (χ4v) is 4.45. The van der Waals surface area contributed by atoms with Crippen LogP contribution >= 0.6 is 0 Å². The van der Waals surface area contributed by atoms with Crippen molar-refractivity contribution in [3.63, 3.8) is 0 Å². The SMILES string of the molecule is Cc1nn(CC(C)C)c(C)c1CCC(=O)N1CCN(c2ccnc(-c3ccccc3)n2)CC1. The van der Waals surface area contributed by atoms with Crippen LogP contribution in [-0.4, -0.2) is 56.7 Å². The van der Waals surface area contributed by atoms with Gasteiger partial charge in [-0.2, -0.15) is 5.10 Å². The molecule has 1 aliphatic heterocycles. The lowest BCUT2D eigenvalue weighted by molar-refractivity contribution is -0.131. The Morgan fingerprint density at radius 2 is 1.76 bits per heavy atom. The largest absolute Gasteiger partial charge is 0.353 e. The first-order chi connectivity index (χ1) is 15.9. The number of piperazine rings is 1. The summed E-state index contributed by atoms with van der Waals surface area (Å²) in [5.74, 6) is 2.42. The van der Waals surface area contributed by atoms with Gasteiger partial charge >= 0.3 is 0 Å². The van der Waals surface area contributed by atoms with E-state index in [0.29, 0.717) is 25.4 Å². The summed E-state index contributed by atoms with van der Waals surface area (Å²) in [6.07, 6.45) is 3.09. The number of benzene rings is 1. The van der Waals surface area contributed by atoms with Gasteiger partial charge in [-0.15, -0.1) is 0 Å². The molecule has 1 aromatic carbocycles. The van der Waals surface area contributed by atoms with E-state index in [1.807, 2.05) is 54.4 Å². The predicted molar refractivity (Wildman–Crippen MR) is 131 cm³/mol. The van der Waals surface area contributed by atoms with Gasteiger partial charge < -0.3 is 9.80 Å². The fourth-order valence-electron chi connectivity index (χ4n) is 4.45. The maximum Gasteiger partial charge on any atom is 0.223 e. The molecule has 0 unspecified atom stereocenters. The number of aromatic nitrogens is 4. The minimum atomic E-state index is 0.220. The summed E-state index contributed by atoms with van der Waals surface area (Å²) >= 11 is 0. The van der Waals surface area contributed by atoms with Gasteiger partial charge in [-0.05, 0) is 37.8 Å². The van der Waals surface area contributed by atoms with Crippen LogP contribution in [0.1, 0.15) is 37.2 Å². The number of anilines is 1. The molecule has 1 amide bonds. The van der Waals surface area contributed by atoms with Crippen molar-refractivity contribution in [1.82, 2.24) is 24.6 Å². The quantitative estimate of drug-likeness (QED) is 0.551. The molecule has 0 aliphatic carbocycles. The molecule has 4 rings (SSSR count). The zero-order chi connectivity index (χ0) is 23.4. The molecule has 2 aromatic heterocycles. The molecule has 0 saturated carbocycles. The highest BCUT2D eigenvalue weighted by Crippen LogP contribution is 2.20. The zero-order valence-corrected chi connectivity index (χ0v) is 20.2. The molecule has 0 N–H and O–H groups in total. The molecule has 0 bridgehead atoms. The van der Waals surface area contributed by atoms with Crippen LogP contribution in [-0.2, 0) is 17.8 Å². The van der Waals surface area contributed by atoms with E-state index in [2.05, 4.69) is 40.4 Å². The van der Waals surface area contributed by atoms with Gasteiger partial charge in [-0.25, -0.2) is 9.97 Å². The molecule has 7 nitrogen and oxygen atoms in total. The molecule has 1 fully saturated rings. The Balaban J connectivity index is 1.32. The first-order valence-electron chi connectivity index (χ1n) is 11.9. The van der Waals surface area contributed by atoms with E-state index >= 15 is 0 Å². The summed E-state index contributed by atoms with van der Waals surface area (Å²) in [7, 11) is 0. The van der Waals surface area contributed by atoms with Crippen LogP contribution in [0.15, 0.2) is 42.6 Å². The van der Waals surface area contributed by atoms with Crippen LogP contribution in [0.5, 0.6) is 0 Å². The summed E-state index contributed by atoms with van der Waals surface area (Å²) in [6.45, 7) is 12.5. The number of nitrogens with zero attached hydrogens (tertiary/aromatic N) is 6. The van der Waals surface area contributed by atoms with E-state index in [0.717, 1.165) is 49.0 Å². The van der Waals surface area contributed by atoms with Crippen LogP contribution in [0.25, 0.3) is 11.4 Å². The third-order valence-corrected chi connectivity index (χ3v) is 6.29. The molecule has 174 valence electrons. The maximum absolute atomic E-state index is 12.9. The lowest BCUT2D eigenvalue weighted by Gasteiger charge is -2.35. The lowest BCUT2D eigenvalue weighted by Crippen LogP contribution is -2.49. The summed E-state index contributed by atoms with van der Waals surface area (Å²) in [5.41, 5.74) is 4.47. The molecule has 1 saturated heterocycles. The van der Waals surface area contributed by atoms with Gasteiger partial charge in [0.2, 0.25) is 5.91 Å². The molecule has 3 aromatic rings. The smallest absolute Gasteiger partial charge is 0.223 e. The predicted octanol–water partition coefficient (Wildman–Crippen LogP) is 3.89. The number of rotatable bonds is 7. The maximum atomic E-state index is 12.9. The van der Waals surface area contributed by atoms with Gasteiger partial charge in [0.15, 0.2) is 5.82 Å². The Hall–Kier alpha value is -3.22. The average molecular weight is 447 g/mol. The second kappa shape index (κ2) is 10.1. The summed E-state index contributed by atoms with van der Waals surface area (Å²) in [4.78, 5) is 26.3. The first-order valence-corrected chi connectivity index (χ1v) is 11.9. The van der Waals surface area contributed by atoms with Crippen molar-refractivity contribution in [2.45, 2.75) is 47.1 Å². The number of aryl methyl sites for hydroxylation is 1. The van der Waals surface area contributed by atoms with Crippen LogP contribution < -0.4 is 4.90 Å². The second-order valence-corrected chi connectivity index (χ2v) is 9.20. The topological polar surface area (TPSA) is 67.2 Å². The standard InChI is InChI=1S/C26H34N6O/c1-19(2)18-32-21(4)23(20(3)29-32)10-11-25(33)31-16-14-30(15-17-31)24-12-13-27-26(28-24)22-8-6-5-7-9-22/h5-9,12-13,19H,10-11,14-18H2,1-4H3. The van der Waals surface area contributed by atoms with E-state index in [1.54, 1.807) is 0 Å². The molecule has 0 radical (unpaired) electrons. The highest BCUT2D eigenvalue weighted by Gasteiger charge is 2.23. The molecule has 1 aliphatic rings. The van der Waals surface area contributed by atoms with Crippen molar-refractivity contribution in [3.05, 3.63) is 59.5 Å². The zero-order valence-electron chi connectivity index (χ0n) is 20.2. The number of carbonyl (C=O) groups is 1. The molecule has 0 spiro atoms. The van der Waals surface area contributed by atoms with E-state index < -0.39 is 0 Å². The molecular formula is C26H34N6O. The third-order valence-electron chi connectivity index (χ3n) is 6.29. The number of hydrogen-bond acceptors (Lipinski definition) is 5. The van der Waals surface area contributed by atoms with Crippen molar-refractivity contribution < 1.29 is 4.79 Å². The number of carbonyl (C=O) groups excluding carboxylic acids is 1. The Morgan fingerprint density at radius 3 is 2.45 bits per heavy atom. The van der Waals surface area contributed by atoms with Crippen LogP contribution in [0, 0.1) is 19.8 Å². The minimum absolute atomic E-state index is 0.220. The Labute approximate surface area is 196 Å². The molecule has 3 heterocycles. The average Bonchev–Trinajstić information content (AvgIpc) is 3.09. The summed E-state index contributed by atoms with van der Waals surface area (Å²) in [5, 5.41) is 4.69. The van der Waals surface area contributed by atoms with Crippen molar-refractivity contribution >= 4 is 11.7 Å². The highest BCUT2D eigenvalue weighted by molar-refractivity contribution is 5.77. The Morgan fingerprint density at radius 1 is 1.03 bits per heavy atom. The van der Waals surface area contributed by atoms with Crippen LogP contribution in [0.3, 0.4) is 0 Å². The van der Waals surface area contributed by atoms with Gasteiger partial charge in [-0.3, -0.25) is 9.48 Å². The van der Waals surface area contributed by atoms with Gasteiger partial charge in [0.05, 0.1) is 5.69 Å². The molecular weight excluding hydrogens is 412 g/mol. The van der Waals surface area contributed by atoms with E-state index in [-0.39, 0.29) is 5.91 Å². The minimum Gasteiger partial charge on any atom is -0.353 e. The number of amides is 1. The van der Waals surface area contributed by atoms with E-state index in [9.17, 15) is 4.79 Å². The van der Waals surface area contributed by atoms with Crippen molar-refractivity contribution in [2.24, 2.45) is 5.92 Å². The second-order valence-electron chi connectivity index (χ2n) is 9.20. The molecule has 33 heavy (non-hydrogen) atoms. The number of hydrogen-bond donors (Lipinski definition) is 0. The Kier molecular flexibility index (Phi) is 7.06. The normalized spacial score (nSPS) is 14.2. The third kappa shape index (κ3) is 5.41. The van der Waals surface area contributed by atoms with Crippen molar-refractivity contribution in [3.8, 4) is 11.4 Å². The van der Waals surface area contributed by atoms with Crippen LogP contribution in [0.4, 0.5) is 5.82 Å². The lowest BCUT2D eigenvalue weighted by atomic mass is 10.1. The van der Waals surface area contributed by atoms with Crippen LogP contribution in [0.2, 0.25) is 0 Å². The fraction of sp³-hybridized carbons (Fsp3) is 0.462. The van der Waals surface area contributed by atoms with Crippen molar-refractivity contribution in [1.29, 1.82) is 0 Å².